The number of rotatable bonds is 6. The molecule has 6 heteroatoms. The number of alkyl halides is 2. The van der Waals surface area contributed by atoms with Crippen LogP contribution in [0.1, 0.15) is 19.4 Å². The van der Waals surface area contributed by atoms with Gasteiger partial charge in [0.25, 0.3) is 6.43 Å². The van der Waals surface area contributed by atoms with Crippen molar-refractivity contribution in [2.45, 2.75) is 32.9 Å². The van der Waals surface area contributed by atoms with Gasteiger partial charge in [-0.05, 0) is 11.6 Å². The zero-order valence-corrected chi connectivity index (χ0v) is 11.5. The predicted molar refractivity (Wildman–Crippen MR) is 70.5 cm³/mol. The summed E-state index contributed by atoms with van der Waals surface area (Å²) in [5.41, 5.74) is 0.858. The van der Waals surface area contributed by atoms with Gasteiger partial charge in [0, 0.05) is 25.8 Å². The molecule has 0 aliphatic rings. The molecule has 0 unspecified atom stereocenters. The van der Waals surface area contributed by atoms with Crippen molar-refractivity contribution in [1.29, 1.82) is 0 Å². The van der Waals surface area contributed by atoms with Gasteiger partial charge in [0.15, 0.2) is 0 Å². The lowest BCUT2D eigenvalue weighted by Crippen LogP contribution is -2.26. The van der Waals surface area contributed by atoms with Crippen LogP contribution in [-0.2, 0) is 6.54 Å². The number of hydrogen-bond donors (Lipinski definition) is 1. The fraction of sp³-hybridized carbons (Fsp3) is 0.583. The van der Waals surface area contributed by atoms with E-state index >= 15 is 0 Å². The Kier molecular flexibility index (Phi) is 5.75. The van der Waals surface area contributed by atoms with E-state index in [1.54, 1.807) is 13.1 Å². The maximum absolute atomic E-state index is 12.3. The molecule has 1 aromatic heterocycles. The maximum atomic E-state index is 12.3. The van der Waals surface area contributed by atoms with E-state index in [4.69, 9.17) is 11.6 Å². The number of pyridine rings is 1. The molecule has 0 bridgehead atoms. The maximum Gasteiger partial charge on any atom is 0.255 e. The molecule has 1 heterocycles. The van der Waals surface area contributed by atoms with Crippen LogP contribution in [-0.4, -0.2) is 31.0 Å². The van der Waals surface area contributed by atoms with E-state index in [2.05, 4.69) is 10.3 Å². The van der Waals surface area contributed by atoms with Crippen molar-refractivity contribution in [2.24, 2.45) is 0 Å². The molecule has 102 valence electrons. The molecule has 0 amide bonds. The van der Waals surface area contributed by atoms with Gasteiger partial charge in [-0.2, -0.15) is 0 Å². The Morgan fingerprint density at radius 3 is 2.67 bits per heavy atom. The Morgan fingerprint density at radius 2 is 2.11 bits per heavy atom. The van der Waals surface area contributed by atoms with Gasteiger partial charge in [-0.25, -0.2) is 13.8 Å². The van der Waals surface area contributed by atoms with Crippen molar-refractivity contribution < 1.29 is 8.78 Å². The number of halogens is 3. The average molecular weight is 278 g/mol. The third-order valence-electron chi connectivity index (χ3n) is 2.42. The van der Waals surface area contributed by atoms with Crippen molar-refractivity contribution >= 4 is 17.4 Å². The second-order valence-electron chi connectivity index (χ2n) is 4.44. The SMILES string of the molecule is CC(C)NCc1cc(N(C)CC(F)F)ncc1Cl. The largest absolute Gasteiger partial charge is 0.354 e. The molecular formula is C12H18ClF2N3. The van der Waals surface area contributed by atoms with Gasteiger partial charge in [-0.1, -0.05) is 25.4 Å². The van der Waals surface area contributed by atoms with Crippen LogP contribution in [0.2, 0.25) is 5.02 Å². The smallest absolute Gasteiger partial charge is 0.255 e. The summed E-state index contributed by atoms with van der Waals surface area (Å²) in [5, 5.41) is 3.77. The number of nitrogens with one attached hydrogen (secondary N) is 1. The van der Waals surface area contributed by atoms with Gasteiger partial charge in [0.05, 0.1) is 11.6 Å². The first-order chi connectivity index (χ1) is 8.40. The molecular weight excluding hydrogens is 260 g/mol. The van der Waals surface area contributed by atoms with Crippen LogP contribution in [0.4, 0.5) is 14.6 Å². The van der Waals surface area contributed by atoms with Gasteiger partial charge in [0.1, 0.15) is 5.82 Å². The summed E-state index contributed by atoms with van der Waals surface area (Å²) < 4.78 is 24.6. The molecule has 0 saturated carbocycles. The van der Waals surface area contributed by atoms with E-state index in [9.17, 15) is 8.78 Å². The Morgan fingerprint density at radius 1 is 1.44 bits per heavy atom. The van der Waals surface area contributed by atoms with E-state index in [0.29, 0.717) is 23.4 Å². The predicted octanol–water partition coefficient (Wildman–Crippen LogP) is 2.93. The van der Waals surface area contributed by atoms with Gasteiger partial charge < -0.3 is 10.2 Å². The van der Waals surface area contributed by atoms with Crippen molar-refractivity contribution in [3.63, 3.8) is 0 Å². The molecule has 1 N–H and O–H groups in total. The standard InChI is InChI=1S/C12H18ClF2N3/c1-8(2)16-5-9-4-12(17-6-10(9)13)18(3)7-11(14)15/h4,6,8,11,16H,5,7H2,1-3H3. The molecule has 18 heavy (non-hydrogen) atoms. The monoisotopic (exact) mass is 277 g/mol. The highest BCUT2D eigenvalue weighted by Crippen LogP contribution is 2.20. The molecule has 1 rings (SSSR count). The molecule has 0 aromatic carbocycles. The molecule has 0 spiro atoms. The number of anilines is 1. The van der Waals surface area contributed by atoms with Crippen molar-refractivity contribution in [3.8, 4) is 0 Å². The Labute approximate surface area is 111 Å². The average Bonchev–Trinajstić information content (AvgIpc) is 2.26. The molecule has 0 radical (unpaired) electrons. The Bertz CT molecular complexity index is 386. The highest BCUT2D eigenvalue weighted by atomic mass is 35.5. The van der Waals surface area contributed by atoms with Crippen molar-refractivity contribution in [1.82, 2.24) is 10.3 Å². The number of aromatic nitrogens is 1. The lowest BCUT2D eigenvalue weighted by molar-refractivity contribution is 0.156. The van der Waals surface area contributed by atoms with Gasteiger partial charge in [-0.3, -0.25) is 0 Å². The molecule has 0 aliphatic carbocycles. The summed E-state index contributed by atoms with van der Waals surface area (Å²) in [7, 11) is 1.59. The minimum absolute atomic E-state index is 0.330. The van der Waals surface area contributed by atoms with Crippen molar-refractivity contribution in [2.75, 3.05) is 18.5 Å². The topological polar surface area (TPSA) is 28.2 Å². The summed E-state index contributed by atoms with van der Waals surface area (Å²) in [6.45, 7) is 4.30. The lowest BCUT2D eigenvalue weighted by Gasteiger charge is -2.19. The van der Waals surface area contributed by atoms with Crippen LogP contribution in [0, 0.1) is 0 Å². The highest BCUT2D eigenvalue weighted by molar-refractivity contribution is 6.31. The van der Waals surface area contributed by atoms with E-state index in [1.165, 1.54) is 11.1 Å². The van der Waals surface area contributed by atoms with Gasteiger partial charge >= 0.3 is 0 Å². The summed E-state index contributed by atoms with van der Waals surface area (Å²) in [6.07, 6.45) is -0.888. The molecule has 0 atom stereocenters. The third kappa shape index (κ3) is 4.74. The van der Waals surface area contributed by atoms with Crippen LogP contribution in [0.15, 0.2) is 12.3 Å². The minimum Gasteiger partial charge on any atom is -0.354 e. The Hall–Kier alpha value is -0.940. The molecule has 0 fully saturated rings. The van der Waals surface area contributed by atoms with Gasteiger partial charge in [-0.15, -0.1) is 0 Å². The molecule has 1 aromatic rings. The molecule has 0 saturated heterocycles. The fourth-order valence-corrected chi connectivity index (χ4v) is 1.60. The molecule has 3 nitrogen and oxygen atoms in total. The quantitative estimate of drug-likeness (QED) is 0.867. The second kappa shape index (κ2) is 6.85. The minimum atomic E-state index is -2.38. The van der Waals surface area contributed by atoms with E-state index in [1.807, 2.05) is 13.8 Å². The van der Waals surface area contributed by atoms with E-state index in [-0.39, 0.29) is 6.54 Å². The summed E-state index contributed by atoms with van der Waals surface area (Å²) in [4.78, 5) is 5.47. The summed E-state index contributed by atoms with van der Waals surface area (Å²) >= 11 is 6.02. The lowest BCUT2D eigenvalue weighted by atomic mass is 10.2. The van der Waals surface area contributed by atoms with Gasteiger partial charge in [0.2, 0.25) is 0 Å². The molecule has 0 aliphatic heterocycles. The fourth-order valence-electron chi connectivity index (χ4n) is 1.43. The van der Waals surface area contributed by atoms with Crippen LogP contribution in [0.5, 0.6) is 0 Å². The number of nitrogens with zero attached hydrogens (tertiary/aromatic N) is 2. The Balaban J connectivity index is 2.79. The first kappa shape index (κ1) is 15.1. The zero-order chi connectivity index (χ0) is 13.7. The first-order valence-corrected chi connectivity index (χ1v) is 6.15. The zero-order valence-electron chi connectivity index (χ0n) is 10.8. The van der Waals surface area contributed by atoms with Crippen molar-refractivity contribution in [3.05, 3.63) is 22.8 Å². The second-order valence-corrected chi connectivity index (χ2v) is 4.85. The van der Waals surface area contributed by atoms with E-state index < -0.39 is 6.43 Å². The number of hydrogen-bond acceptors (Lipinski definition) is 3. The summed E-state index contributed by atoms with van der Waals surface area (Å²) in [6, 6.07) is 2.07. The van der Waals surface area contributed by atoms with Crippen LogP contribution < -0.4 is 10.2 Å². The first-order valence-electron chi connectivity index (χ1n) is 5.77. The third-order valence-corrected chi connectivity index (χ3v) is 2.76. The van der Waals surface area contributed by atoms with Crippen LogP contribution in [0.25, 0.3) is 0 Å². The van der Waals surface area contributed by atoms with Crippen LogP contribution in [0.3, 0.4) is 0 Å². The normalized spacial score (nSPS) is 11.3. The van der Waals surface area contributed by atoms with Crippen LogP contribution >= 0.6 is 11.6 Å². The summed E-state index contributed by atoms with van der Waals surface area (Å²) in [5.74, 6) is 0.500. The highest BCUT2D eigenvalue weighted by Gasteiger charge is 2.11. The van der Waals surface area contributed by atoms with E-state index in [0.717, 1.165) is 5.56 Å².